The molecule has 0 amide bonds. The Bertz CT molecular complexity index is 200. The molecule has 0 aliphatic carbocycles. The van der Waals surface area contributed by atoms with E-state index in [-0.39, 0.29) is 24.3 Å². The molecule has 3 unspecified atom stereocenters. The molecule has 0 heterocycles. The van der Waals surface area contributed by atoms with Crippen LogP contribution in [0.25, 0.3) is 0 Å². The van der Waals surface area contributed by atoms with Crippen molar-refractivity contribution in [2.75, 3.05) is 13.1 Å². The average molecular weight is 274 g/mol. The van der Waals surface area contributed by atoms with E-state index < -0.39 is 0 Å². The van der Waals surface area contributed by atoms with Gasteiger partial charge in [0.15, 0.2) is 0 Å². The fourth-order valence-corrected chi connectivity index (χ4v) is 2.13. The van der Waals surface area contributed by atoms with Crippen molar-refractivity contribution in [2.24, 2.45) is 28.7 Å². The highest BCUT2D eigenvalue weighted by Gasteiger charge is 2.21. The summed E-state index contributed by atoms with van der Waals surface area (Å²) in [5.41, 5.74) is 28.9. The Morgan fingerprint density at radius 3 is 2.16 bits per heavy atom. The molecule has 0 spiro atoms. The maximum atomic E-state index is 6.23. The second-order valence-corrected chi connectivity index (χ2v) is 5.30. The van der Waals surface area contributed by atoms with E-state index >= 15 is 0 Å². The number of nitrogens with two attached hydrogens (primary N) is 5. The Balaban J connectivity index is 4.09. The largest absolute Gasteiger partial charge is 0.330 e. The Morgan fingerprint density at radius 2 is 1.63 bits per heavy atom. The maximum Gasteiger partial charge on any atom is 0.0521 e. The second kappa shape index (κ2) is 11.6. The second-order valence-electron chi connectivity index (χ2n) is 5.30. The van der Waals surface area contributed by atoms with Crippen LogP contribution >= 0.6 is 0 Å². The van der Waals surface area contributed by atoms with Crippen LogP contribution in [-0.2, 0) is 0 Å². The summed E-state index contributed by atoms with van der Waals surface area (Å²) in [6, 6.07) is 0.261. The molecule has 0 aromatic heterocycles. The van der Waals surface area contributed by atoms with Crippen molar-refractivity contribution in [3.05, 3.63) is 0 Å². The van der Waals surface area contributed by atoms with E-state index in [0.29, 0.717) is 0 Å². The molecule has 11 N–H and O–H groups in total. The predicted octanol–water partition coefficient (Wildman–Crippen LogP) is -0.838. The fourth-order valence-electron chi connectivity index (χ4n) is 2.13. The SMILES string of the molecule is CCC(N)C(N)C(CCCCN)NCCCC(N)N. The molecule has 0 aliphatic rings. The van der Waals surface area contributed by atoms with Crippen molar-refractivity contribution in [3.8, 4) is 0 Å². The summed E-state index contributed by atoms with van der Waals surface area (Å²) in [6.45, 7) is 3.67. The Hall–Kier alpha value is -0.240. The number of rotatable bonds is 12. The van der Waals surface area contributed by atoms with Crippen LogP contribution < -0.4 is 34.0 Å². The van der Waals surface area contributed by atoms with Gasteiger partial charge in [0, 0.05) is 18.1 Å². The van der Waals surface area contributed by atoms with Crippen molar-refractivity contribution >= 4 is 0 Å². The predicted molar refractivity (Wildman–Crippen MR) is 82.3 cm³/mol. The van der Waals surface area contributed by atoms with Crippen molar-refractivity contribution in [3.63, 3.8) is 0 Å². The molecule has 0 rings (SSSR count). The molecule has 0 bridgehead atoms. The summed E-state index contributed by atoms with van der Waals surface area (Å²) in [6.07, 6.45) is 5.56. The molecule has 0 radical (unpaired) electrons. The van der Waals surface area contributed by atoms with Gasteiger partial charge in [-0.1, -0.05) is 13.3 Å². The molecular weight excluding hydrogens is 240 g/mol. The Kier molecular flexibility index (Phi) is 11.4. The van der Waals surface area contributed by atoms with Gasteiger partial charge in [-0.15, -0.1) is 0 Å². The number of unbranched alkanes of at least 4 members (excludes halogenated alkanes) is 1. The molecular formula is C13H34N6. The number of hydrogen-bond donors (Lipinski definition) is 6. The quantitative estimate of drug-likeness (QED) is 0.202. The van der Waals surface area contributed by atoms with Gasteiger partial charge in [0.25, 0.3) is 0 Å². The third-order valence-corrected chi connectivity index (χ3v) is 3.52. The van der Waals surface area contributed by atoms with Gasteiger partial charge in [-0.25, -0.2) is 0 Å². The van der Waals surface area contributed by atoms with E-state index in [9.17, 15) is 0 Å². The van der Waals surface area contributed by atoms with Crippen molar-refractivity contribution < 1.29 is 0 Å². The first-order chi connectivity index (χ1) is 9.02. The van der Waals surface area contributed by atoms with Crippen LogP contribution in [0.5, 0.6) is 0 Å². The Morgan fingerprint density at radius 1 is 0.947 bits per heavy atom. The van der Waals surface area contributed by atoms with E-state index in [0.717, 1.165) is 51.6 Å². The van der Waals surface area contributed by atoms with Crippen molar-refractivity contribution in [1.82, 2.24) is 5.32 Å². The van der Waals surface area contributed by atoms with E-state index in [1.807, 2.05) is 0 Å². The molecule has 0 saturated heterocycles. The molecule has 0 aliphatic heterocycles. The first-order valence-electron chi connectivity index (χ1n) is 7.48. The summed E-state index contributed by atoms with van der Waals surface area (Å²) in [5, 5.41) is 3.49. The minimum Gasteiger partial charge on any atom is -0.330 e. The summed E-state index contributed by atoms with van der Waals surface area (Å²) < 4.78 is 0. The average Bonchev–Trinajstić information content (AvgIpc) is 2.39. The van der Waals surface area contributed by atoms with Crippen LogP contribution in [0.15, 0.2) is 0 Å². The zero-order chi connectivity index (χ0) is 14.7. The molecule has 6 nitrogen and oxygen atoms in total. The lowest BCUT2D eigenvalue weighted by Crippen LogP contribution is -2.54. The molecule has 0 aromatic rings. The van der Waals surface area contributed by atoms with Gasteiger partial charge >= 0.3 is 0 Å². The summed E-state index contributed by atoms with van der Waals surface area (Å²) in [4.78, 5) is 0. The maximum absolute atomic E-state index is 6.23. The monoisotopic (exact) mass is 274 g/mol. The summed E-state index contributed by atoms with van der Waals surface area (Å²) in [7, 11) is 0. The van der Waals surface area contributed by atoms with E-state index in [1.54, 1.807) is 0 Å². The lowest BCUT2D eigenvalue weighted by Gasteiger charge is -2.29. The van der Waals surface area contributed by atoms with Gasteiger partial charge in [-0.3, -0.25) is 0 Å². The molecule has 116 valence electrons. The van der Waals surface area contributed by atoms with Crippen molar-refractivity contribution in [1.29, 1.82) is 0 Å². The lowest BCUT2D eigenvalue weighted by molar-refractivity contribution is 0.345. The third-order valence-electron chi connectivity index (χ3n) is 3.52. The third kappa shape index (κ3) is 9.32. The van der Waals surface area contributed by atoms with Crippen LogP contribution in [0, 0.1) is 0 Å². The normalized spacial score (nSPS) is 16.6. The minimum absolute atomic E-state index is 0.0191. The standard InChI is InChI=1S/C13H34N6/c1-2-10(15)13(18)11(6-3-4-8-14)19-9-5-7-12(16)17/h10-13,19H,2-9,14-18H2,1H3. The highest BCUT2D eigenvalue weighted by molar-refractivity contribution is 4.87. The van der Waals surface area contributed by atoms with Crippen LogP contribution in [0.4, 0.5) is 0 Å². The zero-order valence-corrected chi connectivity index (χ0v) is 12.4. The molecule has 3 atom stereocenters. The first-order valence-corrected chi connectivity index (χ1v) is 7.48. The zero-order valence-electron chi connectivity index (χ0n) is 12.4. The van der Waals surface area contributed by atoms with E-state index in [2.05, 4.69) is 12.2 Å². The van der Waals surface area contributed by atoms with Gasteiger partial charge in [0.2, 0.25) is 0 Å². The van der Waals surface area contributed by atoms with Gasteiger partial charge in [0.1, 0.15) is 0 Å². The lowest BCUT2D eigenvalue weighted by atomic mass is 9.95. The minimum atomic E-state index is -0.232. The van der Waals surface area contributed by atoms with E-state index in [4.69, 9.17) is 28.7 Å². The smallest absolute Gasteiger partial charge is 0.0521 e. The first kappa shape index (κ1) is 18.8. The topological polar surface area (TPSA) is 142 Å². The number of nitrogens with one attached hydrogen (secondary N) is 1. The van der Waals surface area contributed by atoms with Gasteiger partial charge in [0.05, 0.1) is 6.17 Å². The summed E-state index contributed by atoms with van der Waals surface area (Å²) in [5.74, 6) is 0. The summed E-state index contributed by atoms with van der Waals surface area (Å²) >= 11 is 0. The highest BCUT2D eigenvalue weighted by Crippen LogP contribution is 2.08. The fraction of sp³-hybridized carbons (Fsp3) is 1.00. The van der Waals surface area contributed by atoms with E-state index in [1.165, 1.54) is 0 Å². The molecule has 0 aromatic carbocycles. The molecule has 6 heteroatoms. The van der Waals surface area contributed by atoms with Crippen LogP contribution in [-0.4, -0.2) is 37.4 Å². The van der Waals surface area contributed by atoms with Crippen LogP contribution in [0.1, 0.15) is 45.4 Å². The molecule has 19 heavy (non-hydrogen) atoms. The van der Waals surface area contributed by atoms with Gasteiger partial charge < -0.3 is 34.0 Å². The van der Waals surface area contributed by atoms with Crippen LogP contribution in [0.2, 0.25) is 0 Å². The highest BCUT2D eigenvalue weighted by atomic mass is 15.0. The van der Waals surface area contributed by atoms with Gasteiger partial charge in [-0.2, -0.15) is 0 Å². The molecule has 0 fully saturated rings. The number of hydrogen-bond acceptors (Lipinski definition) is 6. The van der Waals surface area contributed by atoms with Crippen LogP contribution in [0.3, 0.4) is 0 Å². The van der Waals surface area contributed by atoms with Crippen molar-refractivity contribution in [2.45, 2.75) is 69.7 Å². The Labute approximate surface area is 117 Å². The van der Waals surface area contributed by atoms with Gasteiger partial charge in [-0.05, 0) is 45.2 Å². The molecule has 0 saturated carbocycles.